The van der Waals surface area contributed by atoms with Gasteiger partial charge in [0.1, 0.15) is 11.7 Å². The molecule has 0 aliphatic rings. The molecule has 4 N–H and O–H groups in total. The van der Waals surface area contributed by atoms with Crippen molar-refractivity contribution in [3.63, 3.8) is 0 Å². The van der Waals surface area contributed by atoms with Gasteiger partial charge in [0.15, 0.2) is 11.5 Å². The maximum atomic E-state index is 8.36. The van der Waals surface area contributed by atoms with Crippen molar-refractivity contribution in [2.45, 2.75) is 26.3 Å². The number of methoxy groups -OCH3 is 2. The number of rotatable bonds is 6. The Morgan fingerprint density at radius 1 is 1.03 bits per heavy atom. The molecule has 8 nitrogen and oxygen atoms in total. The molecule has 0 aliphatic carbocycles. The van der Waals surface area contributed by atoms with Crippen LogP contribution >= 0.6 is 0 Å². The van der Waals surface area contributed by atoms with Crippen molar-refractivity contribution in [2.75, 3.05) is 20.0 Å². The molecule has 0 radical (unpaired) electrons. The Hall–Kier alpha value is -3.94. The number of amidine groups is 1. The summed E-state index contributed by atoms with van der Waals surface area (Å²) in [5, 5.41) is 14.1. The van der Waals surface area contributed by atoms with Gasteiger partial charge in [0.05, 0.1) is 25.4 Å². The second kappa shape index (κ2) is 8.66. The highest BCUT2D eigenvalue weighted by molar-refractivity contribution is 6.10. The fourth-order valence-corrected chi connectivity index (χ4v) is 3.55. The van der Waals surface area contributed by atoms with Crippen LogP contribution in [0.2, 0.25) is 0 Å². The van der Waals surface area contributed by atoms with Gasteiger partial charge in [0, 0.05) is 52.6 Å². The Morgan fingerprint density at radius 3 is 2.50 bits per heavy atom. The second-order valence-corrected chi connectivity index (χ2v) is 7.63. The van der Waals surface area contributed by atoms with E-state index in [9.17, 15) is 0 Å². The van der Waals surface area contributed by atoms with Crippen LogP contribution in [0.25, 0.3) is 32.9 Å². The minimum Gasteiger partial charge on any atom is -0.493 e. The summed E-state index contributed by atoms with van der Waals surface area (Å²) in [5.41, 5.74) is 9.21. The highest BCUT2D eigenvalue weighted by Gasteiger charge is 2.14. The van der Waals surface area contributed by atoms with Gasteiger partial charge in [-0.25, -0.2) is 4.98 Å². The van der Waals surface area contributed by atoms with Gasteiger partial charge in [-0.2, -0.15) is 0 Å². The lowest BCUT2D eigenvalue weighted by molar-refractivity contribution is 0.356. The van der Waals surface area contributed by atoms with Crippen LogP contribution < -0.4 is 20.5 Å². The summed E-state index contributed by atoms with van der Waals surface area (Å²) in [4.78, 5) is 13.4. The maximum absolute atomic E-state index is 8.36. The number of nitrogens with zero attached hydrogens (tertiary/aromatic N) is 3. The molecule has 3 aromatic heterocycles. The van der Waals surface area contributed by atoms with E-state index < -0.39 is 0 Å². The van der Waals surface area contributed by atoms with E-state index in [1.54, 1.807) is 32.8 Å². The molecule has 0 saturated carbocycles. The van der Waals surface area contributed by atoms with Crippen LogP contribution in [-0.4, -0.2) is 41.0 Å². The molecule has 4 aromatic rings. The highest BCUT2D eigenvalue weighted by atomic mass is 16.5. The zero-order chi connectivity index (χ0) is 22.8. The lowest BCUT2D eigenvalue weighted by Crippen LogP contribution is -2.32. The minimum absolute atomic E-state index is 0.200. The largest absolute Gasteiger partial charge is 0.493 e. The number of ether oxygens (including phenoxy) is 2. The quantitative estimate of drug-likeness (QED) is 0.239. The first kappa shape index (κ1) is 21.3. The van der Waals surface area contributed by atoms with Gasteiger partial charge in [0.2, 0.25) is 0 Å². The number of benzene rings is 1. The molecule has 32 heavy (non-hydrogen) atoms. The van der Waals surface area contributed by atoms with Gasteiger partial charge < -0.3 is 20.5 Å². The topological polar surface area (TPSA) is 119 Å². The van der Waals surface area contributed by atoms with Crippen molar-refractivity contribution < 1.29 is 9.47 Å². The third-order valence-corrected chi connectivity index (χ3v) is 5.54. The van der Waals surface area contributed by atoms with E-state index in [0.717, 1.165) is 33.7 Å². The molecule has 1 unspecified atom stereocenters. The molecule has 3 heterocycles. The summed E-state index contributed by atoms with van der Waals surface area (Å²) >= 11 is 0. The number of hydrogen-bond donors (Lipinski definition) is 3. The van der Waals surface area contributed by atoms with E-state index in [1.165, 1.54) is 0 Å². The first-order valence-corrected chi connectivity index (χ1v) is 10.4. The van der Waals surface area contributed by atoms with Crippen LogP contribution in [0.5, 0.6) is 11.5 Å². The molecule has 0 fully saturated rings. The first-order valence-electron chi connectivity index (χ1n) is 10.4. The van der Waals surface area contributed by atoms with E-state index in [-0.39, 0.29) is 6.04 Å². The molecule has 0 spiro atoms. The Labute approximate surface area is 186 Å². The van der Waals surface area contributed by atoms with Crippen LogP contribution in [0.4, 0.5) is 5.82 Å². The number of aromatic nitrogens is 3. The van der Waals surface area contributed by atoms with Gasteiger partial charge >= 0.3 is 0 Å². The molecule has 1 atom stereocenters. The molecule has 0 amide bonds. The van der Waals surface area contributed by atoms with Gasteiger partial charge in [-0.3, -0.25) is 15.4 Å². The van der Waals surface area contributed by atoms with Gasteiger partial charge in [0.25, 0.3) is 0 Å². The zero-order valence-corrected chi connectivity index (χ0v) is 18.6. The average molecular weight is 431 g/mol. The SMILES string of the molecule is CCC(C)NC(=N)c1cncc(-c2cc3c(cnc4cc(OC)c(OC)cc43)c(N)n2)c1. The average Bonchev–Trinajstić information content (AvgIpc) is 2.82. The van der Waals surface area contributed by atoms with Crippen molar-refractivity contribution in [1.29, 1.82) is 5.41 Å². The fraction of sp³-hybridized carbons (Fsp3) is 0.250. The number of hydrogen-bond acceptors (Lipinski definition) is 7. The van der Waals surface area contributed by atoms with E-state index >= 15 is 0 Å². The monoisotopic (exact) mass is 430 g/mol. The summed E-state index contributed by atoms with van der Waals surface area (Å²) in [7, 11) is 3.20. The number of fused-ring (bicyclic) bond motifs is 3. The smallest absolute Gasteiger partial charge is 0.162 e. The van der Waals surface area contributed by atoms with Crippen LogP contribution in [-0.2, 0) is 0 Å². The maximum Gasteiger partial charge on any atom is 0.162 e. The van der Waals surface area contributed by atoms with Gasteiger partial charge in [-0.15, -0.1) is 0 Å². The summed E-state index contributed by atoms with van der Waals surface area (Å²) < 4.78 is 10.9. The lowest BCUT2D eigenvalue weighted by Gasteiger charge is -2.14. The van der Waals surface area contributed by atoms with Crippen molar-refractivity contribution in [2.24, 2.45) is 0 Å². The van der Waals surface area contributed by atoms with Gasteiger partial charge in [-0.1, -0.05) is 6.92 Å². The number of nitrogens with one attached hydrogen (secondary N) is 2. The van der Waals surface area contributed by atoms with E-state index in [1.807, 2.05) is 31.2 Å². The van der Waals surface area contributed by atoms with E-state index in [4.69, 9.17) is 20.6 Å². The number of anilines is 1. The number of nitrogen functional groups attached to an aromatic ring is 1. The van der Waals surface area contributed by atoms with Crippen LogP contribution in [0, 0.1) is 5.41 Å². The summed E-state index contributed by atoms with van der Waals surface area (Å²) in [6.45, 7) is 4.12. The van der Waals surface area contributed by atoms with Gasteiger partial charge in [-0.05, 0) is 36.9 Å². The second-order valence-electron chi connectivity index (χ2n) is 7.63. The fourth-order valence-electron chi connectivity index (χ4n) is 3.55. The predicted octanol–water partition coefficient (Wildman–Crippen LogP) is 4.16. The molecule has 1 aromatic carbocycles. The molecular weight excluding hydrogens is 404 g/mol. The van der Waals surface area contributed by atoms with Crippen LogP contribution in [0.3, 0.4) is 0 Å². The molecule has 0 aliphatic heterocycles. The molecular formula is C24H26N6O2. The standard InChI is InChI=1S/C24H26N6O2/c1-5-13(2)29-23(25)15-6-14(10-27-11-15)19-7-16-17-8-21(31-3)22(32-4)9-20(17)28-12-18(16)24(26)30-19/h6-13H,5H2,1-4H3,(H2,25,29)(H2,26,30). The van der Waals surface area contributed by atoms with E-state index in [0.29, 0.717) is 34.4 Å². The highest BCUT2D eigenvalue weighted by Crippen LogP contribution is 2.36. The van der Waals surface area contributed by atoms with Crippen molar-refractivity contribution >= 4 is 33.3 Å². The summed E-state index contributed by atoms with van der Waals surface area (Å²) in [6, 6.07) is 7.80. The summed E-state index contributed by atoms with van der Waals surface area (Å²) in [6.07, 6.45) is 6.03. The van der Waals surface area contributed by atoms with Crippen LogP contribution in [0.15, 0.2) is 42.9 Å². The Balaban J connectivity index is 1.86. The Morgan fingerprint density at radius 2 is 1.78 bits per heavy atom. The first-order chi connectivity index (χ1) is 15.4. The molecule has 0 saturated heterocycles. The molecule has 8 heteroatoms. The normalized spacial score (nSPS) is 12.0. The number of nitrogens with two attached hydrogens (primary N) is 1. The van der Waals surface area contributed by atoms with E-state index in [2.05, 4.69) is 27.2 Å². The minimum atomic E-state index is 0.200. The zero-order valence-electron chi connectivity index (χ0n) is 18.6. The third kappa shape index (κ3) is 3.87. The van der Waals surface area contributed by atoms with Crippen LogP contribution in [0.1, 0.15) is 25.8 Å². The van der Waals surface area contributed by atoms with Crippen molar-refractivity contribution in [3.8, 4) is 22.8 Å². The third-order valence-electron chi connectivity index (χ3n) is 5.54. The molecule has 4 rings (SSSR count). The van der Waals surface area contributed by atoms with Crippen molar-refractivity contribution in [1.82, 2.24) is 20.3 Å². The molecule has 164 valence electrons. The molecule has 0 bridgehead atoms. The Bertz CT molecular complexity index is 1320. The predicted molar refractivity (Wildman–Crippen MR) is 128 cm³/mol. The van der Waals surface area contributed by atoms with Crippen molar-refractivity contribution in [3.05, 3.63) is 48.4 Å². The summed E-state index contributed by atoms with van der Waals surface area (Å²) in [5.74, 6) is 1.92. The number of pyridine rings is 3. The Kier molecular flexibility index (Phi) is 5.77. The lowest BCUT2D eigenvalue weighted by atomic mass is 10.0.